The van der Waals surface area contributed by atoms with E-state index >= 15 is 0 Å². The molecule has 1 aliphatic carbocycles. The normalized spacial score (nSPS) is 13.1. The molecular formula is C21H19ClN4O2S. The Morgan fingerprint density at radius 2 is 2.00 bits per heavy atom. The molecular weight excluding hydrogens is 408 g/mol. The molecule has 2 aromatic carbocycles. The second-order valence-electron chi connectivity index (χ2n) is 6.73. The van der Waals surface area contributed by atoms with Crippen LogP contribution >= 0.6 is 23.4 Å². The molecule has 0 radical (unpaired) electrons. The van der Waals surface area contributed by atoms with Crippen molar-refractivity contribution >= 4 is 40.9 Å². The van der Waals surface area contributed by atoms with E-state index < -0.39 is 0 Å². The van der Waals surface area contributed by atoms with Crippen LogP contribution in [0.2, 0.25) is 5.02 Å². The fourth-order valence-corrected chi connectivity index (χ4v) is 3.74. The van der Waals surface area contributed by atoms with Crippen molar-refractivity contribution in [2.45, 2.75) is 24.0 Å². The number of rotatable bonds is 7. The van der Waals surface area contributed by atoms with Gasteiger partial charge in [-0.05, 0) is 49.2 Å². The first-order valence-electron chi connectivity index (χ1n) is 9.21. The number of amides is 2. The lowest BCUT2D eigenvalue weighted by atomic mass is 10.2. The largest absolute Gasteiger partial charge is 0.349 e. The Labute approximate surface area is 177 Å². The third kappa shape index (κ3) is 5.19. The monoisotopic (exact) mass is 426 g/mol. The third-order valence-electron chi connectivity index (χ3n) is 4.35. The van der Waals surface area contributed by atoms with E-state index in [0.717, 1.165) is 18.5 Å². The van der Waals surface area contributed by atoms with Crippen LogP contribution in [-0.2, 0) is 4.79 Å². The summed E-state index contributed by atoms with van der Waals surface area (Å²) in [5.41, 5.74) is 2.02. The highest BCUT2D eigenvalue weighted by atomic mass is 35.5. The maximum absolute atomic E-state index is 12.4. The molecule has 3 aromatic rings. The van der Waals surface area contributed by atoms with Gasteiger partial charge in [0.05, 0.1) is 5.75 Å². The van der Waals surface area contributed by atoms with Crippen LogP contribution in [0.15, 0.2) is 66.1 Å². The molecule has 1 saturated carbocycles. The van der Waals surface area contributed by atoms with Gasteiger partial charge in [-0.3, -0.25) is 14.2 Å². The number of imidazole rings is 1. The highest BCUT2D eigenvalue weighted by Gasteiger charge is 2.23. The highest BCUT2D eigenvalue weighted by molar-refractivity contribution is 7.99. The van der Waals surface area contributed by atoms with Crippen LogP contribution in [0.25, 0.3) is 5.69 Å². The first-order valence-corrected chi connectivity index (χ1v) is 10.6. The highest BCUT2D eigenvalue weighted by Crippen LogP contribution is 2.23. The molecule has 1 fully saturated rings. The summed E-state index contributed by atoms with van der Waals surface area (Å²) in [7, 11) is 0. The minimum atomic E-state index is -0.171. The summed E-state index contributed by atoms with van der Waals surface area (Å²) in [6, 6.07) is 14.7. The molecule has 0 aliphatic heterocycles. The standard InChI is InChI=1S/C21H19ClN4O2S/c22-15-4-2-6-18(12-15)26-10-9-23-21(26)29-13-19(27)24-17-5-1-3-14(11-17)20(28)25-16-7-8-16/h1-6,9-12,16H,7-8,13H2,(H,24,27)(H,25,28). The SMILES string of the molecule is O=C(CSc1nccn1-c1cccc(Cl)c1)Nc1cccc(C(=O)NC2CC2)c1. The average Bonchev–Trinajstić information content (AvgIpc) is 3.39. The number of benzene rings is 2. The summed E-state index contributed by atoms with van der Waals surface area (Å²) < 4.78 is 1.88. The van der Waals surface area contributed by atoms with Gasteiger partial charge in [-0.1, -0.05) is 35.5 Å². The van der Waals surface area contributed by atoms with Crippen molar-refractivity contribution < 1.29 is 9.59 Å². The van der Waals surface area contributed by atoms with Crippen LogP contribution in [0.4, 0.5) is 5.69 Å². The van der Waals surface area contributed by atoms with E-state index in [-0.39, 0.29) is 17.6 Å². The van der Waals surface area contributed by atoms with Crippen LogP contribution in [0.3, 0.4) is 0 Å². The molecule has 2 N–H and O–H groups in total. The maximum atomic E-state index is 12.4. The van der Waals surface area contributed by atoms with Crippen LogP contribution < -0.4 is 10.6 Å². The molecule has 29 heavy (non-hydrogen) atoms. The van der Waals surface area contributed by atoms with Gasteiger partial charge in [0.15, 0.2) is 5.16 Å². The van der Waals surface area contributed by atoms with E-state index in [1.807, 2.05) is 29.0 Å². The third-order valence-corrected chi connectivity index (χ3v) is 5.55. The van der Waals surface area contributed by atoms with Gasteiger partial charge in [0.1, 0.15) is 0 Å². The Bertz CT molecular complexity index is 1050. The number of carbonyl (C=O) groups is 2. The molecule has 2 amide bonds. The molecule has 0 atom stereocenters. The lowest BCUT2D eigenvalue weighted by molar-refractivity contribution is -0.113. The van der Waals surface area contributed by atoms with Crippen molar-refractivity contribution in [1.82, 2.24) is 14.9 Å². The van der Waals surface area contributed by atoms with Gasteiger partial charge in [0.25, 0.3) is 5.91 Å². The summed E-state index contributed by atoms with van der Waals surface area (Å²) in [4.78, 5) is 28.9. The van der Waals surface area contributed by atoms with Crippen LogP contribution in [-0.4, -0.2) is 33.2 Å². The summed E-state index contributed by atoms with van der Waals surface area (Å²) in [6.07, 6.45) is 5.58. The van der Waals surface area contributed by atoms with Crippen molar-refractivity contribution in [2.24, 2.45) is 0 Å². The number of aromatic nitrogens is 2. The fraction of sp³-hybridized carbons (Fsp3) is 0.190. The van der Waals surface area contributed by atoms with Crippen molar-refractivity contribution in [3.05, 3.63) is 71.5 Å². The summed E-state index contributed by atoms with van der Waals surface area (Å²) in [5.74, 6) is -0.0901. The molecule has 1 aliphatic rings. The molecule has 6 nitrogen and oxygen atoms in total. The number of hydrogen-bond donors (Lipinski definition) is 2. The number of thioether (sulfide) groups is 1. The van der Waals surface area contributed by atoms with E-state index in [4.69, 9.17) is 11.6 Å². The predicted octanol–water partition coefficient (Wildman–Crippen LogP) is 4.15. The number of nitrogens with zero attached hydrogens (tertiary/aromatic N) is 2. The molecule has 4 rings (SSSR count). The number of anilines is 1. The number of halogens is 1. The summed E-state index contributed by atoms with van der Waals surface area (Å²) in [6.45, 7) is 0. The molecule has 8 heteroatoms. The van der Waals surface area contributed by atoms with Crippen LogP contribution in [0.5, 0.6) is 0 Å². The van der Waals surface area contributed by atoms with Crippen molar-refractivity contribution in [3.63, 3.8) is 0 Å². The van der Waals surface area contributed by atoms with Gasteiger partial charge in [0.2, 0.25) is 5.91 Å². The average molecular weight is 427 g/mol. The second kappa shape index (κ2) is 8.71. The zero-order valence-corrected chi connectivity index (χ0v) is 17.0. The number of hydrogen-bond acceptors (Lipinski definition) is 4. The number of carbonyl (C=O) groups excluding carboxylic acids is 2. The van der Waals surface area contributed by atoms with E-state index in [1.165, 1.54) is 11.8 Å². The Balaban J connectivity index is 1.36. The van der Waals surface area contributed by atoms with E-state index in [2.05, 4.69) is 15.6 Å². The molecule has 0 spiro atoms. The van der Waals surface area contributed by atoms with Crippen LogP contribution in [0.1, 0.15) is 23.2 Å². The Morgan fingerprint density at radius 1 is 1.17 bits per heavy atom. The van der Waals surface area contributed by atoms with Crippen molar-refractivity contribution in [2.75, 3.05) is 11.1 Å². The summed E-state index contributed by atoms with van der Waals surface area (Å²) in [5, 5.41) is 7.11. The van der Waals surface area contributed by atoms with Gasteiger partial charge < -0.3 is 10.6 Å². The van der Waals surface area contributed by atoms with E-state index in [9.17, 15) is 9.59 Å². The lowest BCUT2D eigenvalue weighted by Crippen LogP contribution is -2.25. The zero-order valence-electron chi connectivity index (χ0n) is 15.5. The van der Waals surface area contributed by atoms with Gasteiger partial charge in [-0.25, -0.2) is 4.98 Å². The maximum Gasteiger partial charge on any atom is 0.251 e. The zero-order chi connectivity index (χ0) is 20.2. The second-order valence-corrected chi connectivity index (χ2v) is 8.10. The van der Waals surface area contributed by atoms with Gasteiger partial charge in [-0.2, -0.15) is 0 Å². The lowest BCUT2D eigenvalue weighted by Gasteiger charge is -2.09. The van der Waals surface area contributed by atoms with Gasteiger partial charge in [0, 0.05) is 40.4 Å². The Hall–Kier alpha value is -2.77. The predicted molar refractivity (Wildman–Crippen MR) is 115 cm³/mol. The smallest absolute Gasteiger partial charge is 0.251 e. The number of nitrogens with one attached hydrogen (secondary N) is 2. The fourth-order valence-electron chi connectivity index (χ4n) is 2.78. The van der Waals surface area contributed by atoms with E-state index in [1.54, 1.807) is 36.5 Å². The molecule has 0 bridgehead atoms. The minimum Gasteiger partial charge on any atom is -0.349 e. The molecule has 0 unspecified atom stereocenters. The Kier molecular flexibility index (Phi) is 5.87. The first-order chi connectivity index (χ1) is 14.1. The minimum absolute atomic E-state index is 0.110. The van der Waals surface area contributed by atoms with Crippen LogP contribution in [0, 0.1) is 0 Å². The molecule has 148 valence electrons. The van der Waals surface area contributed by atoms with Crippen molar-refractivity contribution in [3.8, 4) is 5.69 Å². The Morgan fingerprint density at radius 3 is 2.79 bits per heavy atom. The van der Waals surface area contributed by atoms with E-state index in [0.29, 0.717) is 27.5 Å². The van der Waals surface area contributed by atoms with Gasteiger partial charge >= 0.3 is 0 Å². The first kappa shape index (κ1) is 19.5. The molecule has 0 saturated heterocycles. The molecule has 1 heterocycles. The van der Waals surface area contributed by atoms with Crippen molar-refractivity contribution in [1.29, 1.82) is 0 Å². The topological polar surface area (TPSA) is 76.0 Å². The van der Waals surface area contributed by atoms with Gasteiger partial charge in [-0.15, -0.1) is 0 Å². The quantitative estimate of drug-likeness (QED) is 0.556. The molecule has 1 aromatic heterocycles. The summed E-state index contributed by atoms with van der Waals surface area (Å²) >= 11 is 7.39.